The van der Waals surface area contributed by atoms with Gasteiger partial charge in [-0.15, -0.1) is 0 Å². The summed E-state index contributed by atoms with van der Waals surface area (Å²) >= 11 is 0. The first-order chi connectivity index (χ1) is 23.4. The molecule has 3 aromatic carbocycles. The number of carbonyl (C=O) groups is 2. The van der Waals surface area contributed by atoms with Crippen LogP contribution in [0.4, 0.5) is 11.5 Å². The summed E-state index contributed by atoms with van der Waals surface area (Å²) < 4.78 is 5.72. The minimum Gasteiger partial charge on any atom is -0.494 e. The van der Waals surface area contributed by atoms with Crippen molar-refractivity contribution in [2.24, 2.45) is 5.73 Å². The Morgan fingerprint density at radius 2 is 1.58 bits per heavy atom. The van der Waals surface area contributed by atoms with Crippen LogP contribution in [0, 0.1) is 0 Å². The molecule has 2 amide bonds. The van der Waals surface area contributed by atoms with Gasteiger partial charge in [0, 0.05) is 31.1 Å². The number of aromatic nitrogens is 1. The van der Waals surface area contributed by atoms with Crippen LogP contribution >= 0.6 is 0 Å². The molecule has 2 saturated heterocycles. The van der Waals surface area contributed by atoms with Crippen molar-refractivity contribution in [3.05, 3.63) is 95.1 Å². The second-order valence-corrected chi connectivity index (χ2v) is 13.2. The minimum atomic E-state index is -0.566. The number of carbonyl (C=O) groups excluding carboxylic acids is 2. The van der Waals surface area contributed by atoms with Crippen molar-refractivity contribution in [1.82, 2.24) is 14.8 Å². The molecule has 1 aromatic heterocycles. The van der Waals surface area contributed by atoms with Gasteiger partial charge in [0.1, 0.15) is 17.1 Å². The molecule has 9 nitrogen and oxygen atoms in total. The van der Waals surface area contributed by atoms with Crippen LogP contribution in [-0.2, 0) is 6.54 Å². The number of likely N-dealkylation sites (tertiary alicyclic amines) is 2. The van der Waals surface area contributed by atoms with Gasteiger partial charge in [0.15, 0.2) is 0 Å². The topological polar surface area (TPSA) is 118 Å². The van der Waals surface area contributed by atoms with E-state index in [0.29, 0.717) is 28.1 Å². The highest BCUT2D eigenvalue weighted by atomic mass is 16.5. The van der Waals surface area contributed by atoms with Gasteiger partial charge >= 0.3 is 0 Å². The monoisotopic (exact) mass is 648 g/mol. The number of fused-ring (bicyclic) bond motifs is 1. The number of methoxy groups -OCH3 is 1. The Morgan fingerprint density at radius 1 is 0.896 bits per heavy atom. The highest BCUT2D eigenvalue weighted by molar-refractivity contribution is 6.15. The molecule has 3 heterocycles. The molecule has 48 heavy (non-hydrogen) atoms. The van der Waals surface area contributed by atoms with Gasteiger partial charge in [0.25, 0.3) is 11.8 Å². The molecule has 0 saturated carbocycles. The Kier molecular flexibility index (Phi) is 10.6. The zero-order chi connectivity index (χ0) is 33.6. The summed E-state index contributed by atoms with van der Waals surface area (Å²) in [5.41, 5.74) is 16.9. The van der Waals surface area contributed by atoms with Crippen LogP contribution in [0.1, 0.15) is 83.2 Å². The number of anilines is 2. The van der Waals surface area contributed by atoms with Gasteiger partial charge < -0.3 is 26.0 Å². The summed E-state index contributed by atoms with van der Waals surface area (Å²) in [5.74, 6) is 0.0910. The number of unbranched alkanes of at least 4 members (excludes halogenated alkanes) is 1. The van der Waals surface area contributed by atoms with E-state index in [-0.39, 0.29) is 23.7 Å². The van der Waals surface area contributed by atoms with E-state index in [9.17, 15) is 4.79 Å². The second kappa shape index (κ2) is 15.2. The Balaban J connectivity index is 1.42. The molecule has 4 N–H and O–H groups in total. The fourth-order valence-corrected chi connectivity index (χ4v) is 7.61. The molecule has 0 atom stereocenters. The number of pyridine rings is 1. The number of rotatable bonds is 11. The second-order valence-electron chi connectivity index (χ2n) is 13.2. The van der Waals surface area contributed by atoms with E-state index >= 15 is 4.79 Å². The number of piperidine rings is 2. The summed E-state index contributed by atoms with van der Waals surface area (Å²) in [6.45, 7) is 7.69. The van der Waals surface area contributed by atoms with Crippen LogP contribution in [0.2, 0.25) is 0 Å². The lowest BCUT2D eigenvalue weighted by Crippen LogP contribution is -2.49. The Morgan fingerprint density at radius 3 is 2.27 bits per heavy atom. The minimum absolute atomic E-state index is 0.0833. The standard InChI is InChI=1S/C39H48N6O3/c1-3-4-21-43-24-19-29(20-25-43)45(32-15-9-8-13-30(32)38(41)46)39(47)35-34(31-14-10-16-33(48-2)36(31)42-37(35)40)28-17-22-44(23-18-28)26-27-11-6-5-7-12-27/h5-16,28-29H,3-4,17-26H2,1-2H3,(H2,40,42)(H2,41,46). The number of nitrogen functional groups attached to an aromatic ring is 1. The molecule has 6 rings (SSSR count). The Hall–Kier alpha value is -4.47. The number of hydrogen-bond donors (Lipinski definition) is 2. The molecule has 0 unspecified atom stereocenters. The summed E-state index contributed by atoms with van der Waals surface area (Å²) in [5, 5.41) is 0.880. The number of amides is 2. The van der Waals surface area contributed by atoms with Crippen molar-refractivity contribution >= 4 is 34.2 Å². The van der Waals surface area contributed by atoms with Crippen LogP contribution in [-0.4, -0.2) is 72.5 Å². The number of primary amides is 1. The number of benzene rings is 3. The lowest BCUT2D eigenvalue weighted by molar-refractivity contribution is 0.0958. The van der Waals surface area contributed by atoms with Crippen LogP contribution in [0.15, 0.2) is 72.8 Å². The van der Waals surface area contributed by atoms with Crippen LogP contribution in [0.3, 0.4) is 0 Å². The van der Waals surface area contributed by atoms with Gasteiger partial charge in [-0.2, -0.15) is 0 Å². The molecule has 2 fully saturated rings. The van der Waals surface area contributed by atoms with Crippen LogP contribution < -0.4 is 21.1 Å². The fraction of sp³-hybridized carbons (Fsp3) is 0.410. The van der Waals surface area contributed by atoms with E-state index in [0.717, 1.165) is 88.7 Å². The molecule has 9 heteroatoms. The SMILES string of the molecule is CCCCN1CCC(N(C(=O)c2c(N)nc3c(OC)cccc3c2C2CCN(Cc3ccccc3)CC2)c2ccccc2C(N)=O)CC1. The molecule has 0 spiro atoms. The van der Waals surface area contributed by atoms with Gasteiger partial charge in [0.2, 0.25) is 0 Å². The predicted molar refractivity (Wildman–Crippen MR) is 193 cm³/mol. The molecule has 2 aliphatic heterocycles. The lowest BCUT2D eigenvalue weighted by Gasteiger charge is -2.40. The number of ether oxygens (including phenoxy) is 1. The molecule has 0 bridgehead atoms. The van der Waals surface area contributed by atoms with Gasteiger partial charge in [-0.05, 0) is 87.0 Å². The number of para-hydroxylation sites is 2. The zero-order valence-corrected chi connectivity index (χ0v) is 28.2. The summed E-state index contributed by atoms with van der Waals surface area (Å²) in [7, 11) is 1.63. The van der Waals surface area contributed by atoms with Crippen LogP contribution in [0.5, 0.6) is 5.75 Å². The smallest absolute Gasteiger partial charge is 0.262 e. The first-order valence-electron chi connectivity index (χ1n) is 17.4. The van der Waals surface area contributed by atoms with Crippen molar-refractivity contribution in [1.29, 1.82) is 0 Å². The molecular weight excluding hydrogens is 600 g/mol. The fourth-order valence-electron chi connectivity index (χ4n) is 7.61. The third-order valence-electron chi connectivity index (χ3n) is 10.1. The number of nitrogens with two attached hydrogens (primary N) is 2. The highest BCUT2D eigenvalue weighted by Crippen LogP contribution is 2.41. The van der Waals surface area contributed by atoms with Gasteiger partial charge in [-0.25, -0.2) is 4.98 Å². The largest absolute Gasteiger partial charge is 0.494 e. The lowest BCUT2D eigenvalue weighted by atomic mass is 9.83. The maximum absolute atomic E-state index is 15.3. The Labute approximate surface area is 283 Å². The first kappa shape index (κ1) is 33.4. The molecule has 0 aliphatic carbocycles. The first-order valence-corrected chi connectivity index (χ1v) is 17.4. The van der Waals surface area contributed by atoms with Gasteiger partial charge in [-0.3, -0.25) is 14.5 Å². The van der Waals surface area contributed by atoms with E-state index in [2.05, 4.69) is 41.0 Å². The van der Waals surface area contributed by atoms with Gasteiger partial charge in [0.05, 0.1) is 23.9 Å². The third kappa shape index (κ3) is 7.03. The average molecular weight is 649 g/mol. The van der Waals surface area contributed by atoms with Crippen molar-refractivity contribution in [3.63, 3.8) is 0 Å². The average Bonchev–Trinajstić information content (AvgIpc) is 3.11. The quantitative estimate of drug-likeness (QED) is 0.198. The van der Waals surface area contributed by atoms with Crippen molar-refractivity contribution in [2.75, 3.05) is 50.5 Å². The van der Waals surface area contributed by atoms with Crippen LogP contribution in [0.25, 0.3) is 10.9 Å². The van der Waals surface area contributed by atoms with Crippen molar-refractivity contribution < 1.29 is 14.3 Å². The van der Waals surface area contributed by atoms with E-state index in [1.807, 2.05) is 41.3 Å². The normalized spacial score (nSPS) is 16.6. The zero-order valence-electron chi connectivity index (χ0n) is 28.2. The van der Waals surface area contributed by atoms with E-state index in [1.165, 1.54) is 5.56 Å². The Bertz CT molecular complexity index is 1730. The van der Waals surface area contributed by atoms with E-state index < -0.39 is 5.91 Å². The van der Waals surface area contributed by atoms with Crippen molar-refractivity contribution in [2.45, 2.75) is 64.0 Å². The summed E-state index contributed by atoms with van der Waals surface area (Å²) in [4.78, 5) is 39.6. The van der Waals surface area contributed by atoms with E-state index in [1.54, 1.807) is 19.2 Å². The molecule has 2 aliphatic rings. The molecule has 252 valence electrons. The van der Waals surface area contributed by atoms with Crippen molar-refractivity contribution in [3.8, 4) is 5.75 Å². The van der Waals surface area contributed by atoms with Gasteiger partial charge in [-0.1, -0.05) is 67.9 Å². The molecule has 0 radical (unpaired) electrons. The van der Waals surface area contributed by atoms with E-state index in [4.69, 9.17) is 21.2 Å². The maximum atomic E-state index is 15.3. The molecule has 4 aromatic rings. The number of nitrogens with zero attached hydrogens (tertiary/aromatic N) is 4. The predicted octanol–water partition coefficient (Wildman–Crippen LogP) is 6.22. The summed E-state index contributed by atoms with van der Waals surface area (Å²) in [6.07, 6.45) is 5.60. The maximum Gasteiger partial charge on any atom is 0.262 e. The third-order valence-corrected chi connectivity index (χ3v) is 10.1. The highest BCUT2D eigenvalue weighted by Gasteiger charge is 2.37. The summed E-state index contributed by atoms with van der Waals surface area (Å²) in [6, 6.07) is 23.4. The number of hydrogen-bond acceptors (Lipinski definition) is 7. The molecular formula is C39H48N6O3.